The van der Waals surface area contributed by atoms with Crippen molar-refractivity contribution < 1.29 is 24.9 Å². The molecule has 1 fully saturated rings. The van der Waals surface area contributed by atoms with Crippen molar-refractivity contribution >= 4 is 5.91 Å². The number of carbonyl (C=O) groups excluding carboxylic acids is 1. The van der Waals surface area contributed by atoms with Gasteiger partial charge in [-0.3, -0.25) is 4.79 Å². The van der Waals surface area contributed by atoms with Crippen LogP contribution < -0.4 is 10.1 Å². The number of carbonyl (C=O) groups is 1. The van der Waals surface area contributed by atoms with E-state index in [9.17, 15) is 15.0 Å². The lowest BCUT2D eigenvalue weighted by atomic mass is 9.66. The van der Waals surface area contributed by atoms with Crippen molar-refractivity contribution in [2.24, 2.45) is 17.8 Å². The summed E-state index contributed by atoms with van der Waals surface area (Å²) in [4.78, 5) is 12.8. The van der Waals surface area contributed by atoms with E-state index in [0.29, 0.717) is 31.1 Å². The Morgan fingerprint density at radius 2 is 2.11 bits per heavy atom. The highest BCUT2D eigenvalue weighted by molar-refractivity contribution is 5.85. The molecule has 1 aromatic carbocycles. The Bertz CT molecular complexity index is 635. The Morgan fingerprint density at radius 3 is 2.79 bits per heavy atom. The lowest BCUT2D eigenvalue weighted by Crippen LogP contribution is -2.56. The molecule has 6 heteroatoms. The molecule has 0 aliphatic heterocycles. The van der Waals surface area contributed by atoms with Gasteiger partial charge in [-0.25, -0.2) is 0 Å². The highest BCUT2D eigenvalue weighted by Crippen LogP contribution is 2.41. The molecule has 1 saturated carbocycles. The minimum Gasteiger partial charge on any atom is -0.491 e. The van der Waals surface area contributed by atoms with Gasteiger partial charge in [-0.1, -0.05) is 39.3 Å². The van der Waals surface area contributed by atoms with Crippen molar-refractivity contribution in [1.29, 1.82) is 0 Å². The Kier molecular flexibility index (Phi) is 8.28. The summed E-state index contributed by atoms with van der Waals surface area (Å²) >= 11 is 0. The van der Waals surface area contributed by atoms with Crippen molar-refractivity contribution in [3.63, 3.8) is 0 Å². The molecule has 1 amide bonds. The fourth-order valence-electron chi connectivity index (χ4n) is 4.14. The topological polar surface area (TPSA) is 99.0 Å². The second kappa shape index (κ2) is 10.2. The number of aliphatic hydroxyl groups excluding tert-OH is 2. The van der Waals surface area contributed by atoms with Crippen molar-refractivity contribution in [2.75, 3.05) is 19.8 Å². The van der Waals surface area contributed by atoms with E-state index in [1.165, 1.54) is 0 Å². The van der Waals surface area contributed by atoms with Crippen LogP contribution in [0, 0.1) is 17.8 Å². The molecule has 0 radical (unpaired) electrons. The molecule has 4 atom stereocenters. The van der Waals surface area contributed by atoms with Crippen molar-refractivity contribution in [2.45, 2.75) is 58.2 Å². The van der Waals surface area contributed by atoms with Crippen LogP contribution in [-0.2, 0) is 11.2 Å². The molecule has 158 valence electrons. The zero-order valence-electron chi connectivity index (χ0n) is 17.2. The SMILES string of the molecule is CC1CCC(C(C)C)C(O)(C(=O)NCCc2cccc(OCC(O)CO)c2)C1. The molecular weight excluding hydrogens is 358 g/mol. The van der Waals surface area contributed by atoms with Crippen molar-refractivity contribution in [3.05, 3.63) is 29.8 Å². The number of aliphatic hydroxyl groups is 3. The second-order valence-corrected chi connectivity index (χ2v) is 8.46. The fourth-order valence-corrected chi connectivity index (χ4v) is 4.14. The molecule has 28 heavy (non-hydrogen) atoms. The third-order valence-corrected chi connectivity index (χ3v) is 5.69. The van der Waals surface area contributed by atoms with Gasteiger partial charge in [0.15, 0.2) is 0 Å². The summed E-state index contributed by atoms with van der Waals surface area (Å²) in [7, 11) is 0. The van der Waals surface area contributed by atoms with Gasteiger partial charge in [0.1, 0.15) is 24.1 Å². The monoisotopic (exact) mass is 393 g/mol. The van der Waals surface area contributed by atoms with Gasteiger partial charge in [-0.2, -0.15) is 0 Å². The summed E-state index contributed by atoms with van der Waals surface area (Å²) in [6.07, 6.45) is 2.15. The number of benzene rings is 1. The average Bonchev–Trinajstić information content (AvgIpc) is 2.66. The van der Waals surface area contributed by atoms with Crippen LogP contribution in [0.1, 0.15) is 45.6 Å². The largest absolute Gasteiger partial charge is 0.491 e. The summed E-state index contributed by atoms with van der Waals surface area (Å²) in [6, 6.07) is 7.43. The number of amides is 1. The van der Waals surface area contributed by atoms with Gasteiger partial charge in [0.2, 0.25) is 0 Å². The van der Waals surface area contributed by atoms with Crippen molar-refractivity contribution in [1.82, 2.24) is 5.32 Å². The molecule has 1 aliphatic carbocycles. The smallest absolute Gasteiger partial charge is 0.252 e. The average molecular weight is 394 g/mol. The van der Waals surface area contributed by atoms with E-state index in [-0.39, 0.29) is 31.0 Å². The lowest BCUT2D eigenvalue weighted by Gasteiger charge is -2.43. The molecule has 0 saturated heterocycles. The highest BCUT2D eigenvalue weighted by atomic mass is 16.5. The van der Waals surface area contributed by atoms with E-state index in [1.54, 1.807) is 6.07 Å². The van der Waals surface area contributed by atoms with Gasteiger partial charge < -0.3 is 25.4 Å². The standard InChI is InChI=1S/C22H35NO5/c1-15(2)20-8-7-16(3)12-22(20,27)21(26)23-10-9-17-5-4-6-19(11-17)28-14-18(25)13-24/h4-6,11,15-16,18,20,24-25,27H,7-10,12-14H2,1-3H3,(H,23,26). The predicted molar refractivity (Wildman–Crippen MR) is 108 cm³/mol. The minimum atomic E-state index is -1.29. The maximum Gasteiger partial charge on any atom is 0.252 e. The number of rotatable bonds is 9. The Hall–Kier alpha value is -1.63. The minimum absolute atomic E-state index is 0.0154. The van der Waals surface area contributed by atoms with Crippen LogP contribution in [0.3, 0.4) is 0 Å². The molecule has 6 nitrogen and oxygen atoms in total. The molecule has 4 unspecified atom stereocenters. The molecule has 2 rings (SSSR count). The molecular formula is C22H35NO5. The first kappa shape index (κ1) is 22.7. The van der Waals surface area contributed by atoms with Gasteiger partial charge in [-0.05, 0) is 54.7 Å². The highest BCUT2D eigenvalue weighted by Gasteiger charge is 2.48. The molecule has 0 heterocycles. The van der Waals surface area contributed by atoms with Crippen LogP contribution in [0.25, 0.3) is 0 Å². The first-order valence-corrected chi connectivity index (χ1v) is 10.3. The van der Waals surface area contributed by atoms with Gasteiger partial charge in [-0.15, -0.1) is 0 Å². The van der Waals surface area contributed by atoms with Crippen LogP contribution in [0.15, 0.2) is 24.3 Å². The lowest BCUT2D eigenvalue weighted by molar-refractivity contribution is -0.155. The zero-order chi connectivity index (χ0) is 20.7. The third kappa shape index (κ3) is 5.93. The first-order chi connectivity index (χ1) is 13.3. The van der Waals surface area contributed by atoms with E-state index in [2.05, 4.69) is 26.1 Å². The van der Waals surface area contributed by atoms with E-state index >= 15 is 0 Å². The molecule has 1 aliphatic rings. The van der Waals surface area contributed by atoms with Crippen LogP contribution in [-0.4, -0.2) is 52.7 Å². The third-order valence-electron chi connectivity index (χ3n) is 5.69. The summed E-state index contributed by atoms with van der Waals surface area (Å²) in [5, 5.41) is 32.3. The molecule has 1 aromatic rings. The Morgan fingerprint density at radius 1 is 1.36 bits per heavy atom. The molecule has 0 aromatic heterocycles. The summed E-state index contributed by atoms with van der Waals surface area (Å²) in [6.45, 7) is 6.34. The maximum atomic E-state index is 12.8. The second-order valence-electron chi connectivity index (χ2n) is 8.46. The van der Waals surface area contributed by atoms with Gasteiger partial charge in [0.25, 0.3) is 5.91 Å². The number of nitrogens with one attached hydrogen (secondary N) is 1. The normalized spacial score (nSPS) is 26.1. The van der Waals surface area contributed by atoms with E-state index < -0.39 is 11.7 Å². The Balaban J connectivity index is 1.90. The van der Waals surface area contributed by atoms with E-state index in [0.717, 1.165) is 18.4 Å². The van der Waals surface area contributed by atoms with Crippen LogP contribution in [0.5, 0.6) is 5.75 Å². The zero-order valence-corrected chi connectivity index (χ0v) is 17.2. The number of hydrogen-bond acceptors (Lipinski definition) is 5. The maximum absolute atomic E-state index is 12.8. The molecule has 4 N–H and O–H groups in total. The van der Waals surface area contributed by atoms with E-state index in [4.69, 9.17) is 9.84 Å². The molecule has 0 bridgehead atoms. The van der Waals surface area contributed by atoms with E-state index in [1.807, 2.05) is 18.2 Å². The summed E-state index contributed by atoms with van der Waals surface area (Å²) < 4.78 is 5.45. The van der Waals surface area contributed by atoms with Gasteiger partial charge >= 0.3 is 0 Å². The van der Waals surface area contributed by atoms with Gasteiger partial charge in [0.05, 0.1) is 6.61 Å². The number of hydrogen-bond donors (Lipinski definition) is 4. The predicted octanol–water partition coefficient (Wildman–Crippen LogP) is 1.90. The number of ether oxygens (including phenoxy) is 1. The van der Waals surface area contributed by atoms with Crippen LogP contribution in [0.2, 0.25) is 0 Å². The summed E-state index contributed by atoms with van der Waals surface area (Å²) in [5.41, 5.74) is -0.308. The summed E-state index contributed by atoms with van der Waals surface area (Å²) in [5.74, 6) is 0.922. The van der Waals surface area contributed by atoms with Crippen LogP contribution in [0.4, 0.5) is 0 Å². The quantitative estimate of drug-likeness (QED) is 0.514. The molecule has 0 spiro atoms. The van der Waals surface area contributed by atoms with Crippen molar-refractivity contribution in [3.8, 4) is 5.75 Å². The van der Waals surface area contributed by atoms with Gasteiger partial charge in [0, 0.05) is 6.54 Å². The Labute approximate surface area is 167 Å². The first-order valence-electron chi connectivity index (χ1n) is 10.3. The fraction of sp³-hybridized carbons (Fsp3) is 0.682. The van der Waals surface area contributed by atoms with Crippen LogP contribution >= 0.6 is 0 Å².